The first-order valence-corrected chi connectivity index (χ1v) is 6.37. The van der Waals surface area contributed by atoms with E-state index < -0.39 is 0 Å². The topological polar surface area (TPSA) is 38.8 Å². The van der Waals surface area contributed by atoms with Crippen LogP contribution in [-0.2, 0) is 16.0 Å². The average molecular weight is 249 g/mol. The maximum atomic E-state index is 11.8. The second kappa shape index (κ2) is 6.40. The predicted molar refractivity (Wildman–Crippen MR) is 68.7 cm³/mol. The molecule has 1 aromatic rings. The number of aryl methyl sites for hydroxylation is 1. The summed E-state index contributed by atoms with van der Waals surface area (Å²) in [5, 5.41) is 0. The van der Waals surface area contributed by atoms with Crippen LogP contribution in [0.4, 0.5) is 0 Å². The van der Waals surface area contributed by atoms with Gasteiger partial charge in [0.05, 0.1) is 13.2 Å². The summed E-state index contributed by atoms with van der Waals surface area (Å²) in [6.45, 7) is 4.78. The van der Waals surface area contributed by atoms with E-state index >= 15 is 0 Å². The number of hydrogen-bond acceptors (Lipinski definition) is 3. The van der Waals surface area contributed by atoms with Crippen LogP contribution in [0.25, 0.3) is 0 Å². The number of nitrogens with zero attached hydrogens (tertiary/aromatic N) is 1. The van der Waals surface area contributed by atoms with Crippen molar-refractivity contribution in [3.05, 3.63) is 29.8 Å². The summed E-state index contributed by atoms with van der Waals surface area (Å²) in [7, 11) is 0. The van der Waals surface area contributed by atoms with Gasteiger partial charge in [-0.15, -0.1) is 0 Å². The van der Waals surface area contributed by atoms with Crippen molar-refractivity contribution in [3.63, 3.8) is 0 Å². The van der Waals surface area contributed by atoms with Gasteiger partial charge in [-0.25, -0.2) is 0 Å². The number of benzene rings is 1. The van der Waals surface area contributed by atoms with E-state index in [1.807, 2.05) is 24.3 Å². The Balaban J connectivity index is 1.80. The summed E-state index contributed by atoms with van der Waals surface area (Å²) >= 11 is 0. The molecule has 0 spiro atoms. The summed E-state index contributed by atoms with van der Waals surface area (Å²) < 4.78 is 10.7. The van der Waals surface area contributed by atoms with Crippen LogP contribution in [0.1, 0.15) is 12.5 Å². The van der Waals surface area contributed by atoms with Gasteiger partial charge < -0.3 is 14.4 Å². The van der Waals surface area contributed by atoms with Crippen molar-refractivity contribution in [1.29, 1.82) is 0 Å². The molecule has 0 radical (unpaired) electrons. The minimum atomic E-state index is 0.0258. The smallest absolute Gasteiger partial charge is 0.260 e. The third kappa shape index (κ3) is 3.47. The van der Waals surface area contributed by atoms with Gasteiger partial charge in [0.1, 0.15) is 5.75 Å². The van der Waals surface area contributed by atoms with Crippen LogP contribution in [0.5, 0.6) is 5.75 Å². The molecule has 1 aliphatic heterocycles. The van der Waals surface area contributed by atoms with Gasteiger partial charge in [-0.1, -0.05) is 19.1 Å². The zero-order valence-corrected chi connectivity index (χ0v) is 10.7. The quantitative estimate of drug-likeness (QED) is 0.811. The van der Waals surface area contributed by atoms with E-state index in [4.69, 9.17) is 9.47 Å². The first-order valence-electron chi connectivity index (χ1n) is 6.37. The molecule has 0 aromatic heterocycles. The number of ether oxygens (including phenoxy) is 2. The highest BCUT2D eigenvalue weighted by molar-refractivity contribution is 5.77. The van der Waals surface area contributed by atoms with Crippen molar-refractivity contribution in [2.24, 2.45) is 0 Å². The lowest BCUT2D eigenvalue weighted by atomic mass is 10.2. The Morgan fingerprint density at radius 2 is 1.94 bits per heavy atom. The number of carbonyl (C=O) groups is 1. The van der Waals surface area contributed by atoms with Crippen LogP contribution in [-0.4, -0.2) is 43.7 Å². The molecule has 0 saturated carbocycles. The lowest BCUT2D eigenvalue weighted by Crippen LogP contribution is -2.42. The maximum absolute atomic E-state index is 11.8. The minimum Gasteiger partial charge on any atom is -0.484 e. The Kier molecular flexibility index (Phi) is 4.59. The molecule has 1 aromatic carbocycles. The van der Waals surface area contributed by atoms with E-state index in [2.05, 4.69) is 6.92 Å². The van der Waals surface area contributed by atoms with E-state index in [-0.39, 0.29) is 12.5 Å². The third-order valence-electron chi connectivity index (χ3n) is 3.06. The maximum Gasteiger partial charge on any atom is 0.260 e. The molecule has 1 saturated heterocycles. The highest BCUT2D eigenvalue weighted by Crippen LogP contribution is 2.12. The van der Waals surface area contributed by atoms with Crippen LogP contribution in [0.15, 0.2) is 24.3 Å². The van der Waals surface area contributed by atoms with Gasteiger partial charge >= 0.3 is 0 Å². The number of amides is 1. The van der Waals surface area contributed by atoms with E-state index in [0.717, 1.165) is 12.2 Å². The second-order valence-electron chi connectivity index (χ2n) is 4.28. The lowest BCUT2D eigenvalue weighted by Gasteiger charge is -2.26. The largest absolute Gasteiger partial charge is 0.484 e. The Bertz CT molecular complexity index is 383. The standard InChI is InChI=1S/C14H19NO3/c1-2-12-3-5-13(6-4-12)18-11-14(16)15-7-9-17-10-8-15/h3-6H,2,7-11H2,1H3. The summed E-state index contributed by atoms with van der Waals surface area (Å²) in [5.74, 6) is 0.770. The Morgan fingerprint density at radius 3 is 2.56 bits per heavy atom. The minimum absolute atomic E-state index is 0.0258. The van der Waals surface area contributed by atoms with Gasteiger partial charge in [-0.05, 0) is 24.1 Å². The highest BCUT2D eigenvalue weighted by Gasteiger charge is 2.16. The first-order chi connectivity index (χ1) is 8.79. The number of morpholine rings is 1. The number of carbonyl (C=O) groups excluding carboxylic acids is 1. The predicted octanol–water partition coefficient (Wildman–Crippen LogP) is 1.49. The Labute approximate surface area is 107 Å². The average Bonchev–Trinajstić information content (AvgIpc) is 2.46. The molecule has 1 aliphatic rings. The summed E-state index contributed by atoms with van der Waals surface area (Å²) in [6, 6.07) is 7.86. The summed E-state index contributed by atoms with van der Waals surface area (Å²) in [5.41, 5.74) is 1.27. The van der Waals surface area contributed by atoms with Gasteiger partial charge in [0.2, 0.25) is 0 Å². The Morgan fingerprint density at radius 1 is 1.28 bits per heavy atom. The fourth-order valence-corrected chi connectivity index (χ4v) is 1.87. The molecule has 1 heterocycles. The molecule has 4 heteroatoms. The van der Waals surface area contributed by atoms with Crippen molar-refractivity contribution in [1.82, 2.24) is 4.90 Å². The van der Waals surface area contributed by atoms with Crippen molar-refractivity contribution in [2.45, 2.75) is 13.3 Å². The van der Waals surface area contributed by atoms with E-state index in [1.54, 1.807) is 4.90 Å². The van der Waals surface area contributed by atoms with Crippen LogP contribution >= 0.6 is 0 Å². The van der Waals surface area contributed by atoms with Gasteiger partial charge in [0.25, 0.3) is 5.91 Å². The molecule has 4 nitrogen and oxygen atoms in total. The van der Waals surface area contributed by atoms with E-state index in [1.165, 1.54) is 5.56 Å². The van der Waals surface area contributed by atoms with Crippen LogP contribution in [0.2, 0.25) is 0 Å². The molecule has 0 N–H and O–H groups in total. The van der Waals surface area contributed by atoms with E-state index in [0.29, 0.717) is 26.3 Å². The lowest BCUT2D eigenvalue weighted by molar-refractivity contribution is -0.137. The molecule has 0 atom stereocenters. The molecule has 0 bridgehead atoms. The van der Waals surface area contributed by atoms with Crippen LogP contribution < -0.4 is 4.74 Å². The first kappa shape index (κ1) is 12.9. The molecular formula is C14H19NO3. The summed E-state index contributed by atoms with van der Waals surface area (Å²) in [4.78, 5) is 13.6. The monoisotopic (exact) mass is 249 g/mol. The second-order valence-corrected chi connectivity index (χ2v) is 4.28. The zero-order chi connectivity index (χ0) is 12.8. The van der Waals surface area contributed by atoms with E-state index in [9.17, 15) is 4.79 Å². The molecule has 98 valence electrons. The summed E-state index contributed by atoms with van der Waals surface area (Å²) in [6.07, 6.45) is 1.01. The van der Waals surface area contributed by atoms with Crippen LogP contribution in [0, 0.1) is 0 Å². The van der Waals surface area contributed by atoms with Gasteiger partial charge in [0.15, 0.2) is 6.61 Å². The third-order valence-corrected chi connectivity index (χ3v) is 3.06. The van der Waals surface area contributed by atoms with Crippen LogP contribution in [0.3, 0.4) is 0 Å². The number of rotatable bonds is 4. The van der Waals surface area contributed by atoms with Gasteiger partial charge in [-0.3, -0.25) is 4.79 Å². The van der Waals surface area contributed by atoms with Crippen molar-refractivity contribution < 1.29 is 14.3 Å². The highest BCUT2D eigenvalue weighted by atomic mass is 16.5. The molecule has 1 fully saturated rings. The number of hydrogen-bond donors (Lipinski definition) is 0. The van der Waals surface area contributed by atoms with Gasteiger partial charge in [0, 0.05) is 13.1 Å². The fourth-order valence-electron chi connectivity index (χ4n) is 1.87. The molecule has 1 amide bonds. The molecule has 18 heavy (non-hydrogen) atoms. The Hall–Kier alpha value is -1.55. The molecule has 0 unspecified atom stereocenters. The molecule has 2 rings (SSSR count). The SMILES string of the molecule is CCc1ccc(OCC(=O)N2CCOCC2)cc1. The molecule has 0 aliphatic carbocycles. The zero-order valence-electron chi connectivity index (χ0n) is 10.7. The normalized spacial score (nSPS) is 15.5. The van der Waals surface area contributed by atoms with Gasteiger partial charge in [-0.2, -0.15) is 0 Å². The fraction of sp³-hybridized carbons (Fsp3) is 0.500. The molecular weight excluding hydrogens is 230 g/mol. The van der Waals surface area contributed by atoms with Crippen molar-refractivity contribution in [3.8, 4) is 5.75 Å². The van der Waals surface area contributed by atoms with Crippen molar-refractivity contribution in [2.75, 3.05) is 32.9 Å². The van der Waals surface area contributed by atoms with Crippen molar-refractivity contribution >= 4 is 5.91 Å².